The van der Waals surface area contributed by atoms with Crippen molar-refractivity contribution in [3.63, 3.8) is 0 Å². The van der Waals surface area contributed by atoms with E-state index in [1.807, 2.05) is 12.1 Å². The van der Waals surface area contributed by atoms with Gasteiger partial charge < -0.3 is 10.6 Å². The number of thiazole rings is 1. The number of fused-ring (bicyclic) bond motifs is 1. The summed E-state index contributed by atoms with van der Waals surface area (Å²) < 4.78 is 24.3. The number of nitrogens with zero attached hydrogens (tertiary/aromatic N) is 1. The summed E-state index contributed by atoms with van der Waals surface area (Å²) in [6.07, 6.45) is 1.73. The van der Waals surface area contributed by atoms with Crippen molar-refractivity contribution in [2.45, 2.75) is 37.4 Å². The van der Waals surface area contributed by atoms with Gasteiger partial charge in [0, 0.05) is 17.9 Å². The van der Waals surface area contributed by atoms with Crippen LogP contribution in [0.5, 0.6) is 0 Å². The van der Waals surface area contributed by atoms with Gasteiger partial charge in [0.1, 0.15) is 0 Å². The van der Waals surface area contributed by atoms with Gasteiger partial charge in [0.25, 0.3) is 0 Å². The van der Waals surface area contributed by atoms with Gasteiger partial charge in [0.2, 0.25) is 5.91 Å². The molecule has 0 aliphatic carbocycles. The zero-order valence-corrected chi connectivity index (χ0v) is 17.5. The van der Waals surface area contributed by atoms with Crippen LogP contribution in [0, 0.1) is 0 Å². The molecule has 6 nitrogen and oxygen atoms in total. The molecule has 1 aromatic carbocycles. The standard InChI is InChI=1S/C17H23N3O3S2.ClH/c1-11(2)15-20-13-5-4-12(10-14(13)24-15)19-16(21)17(25(3,22)23)6-8-18-9-7-17;/h4-5,10-11,18H,6-9H2,1-3H3,(H,19,21);1H. The monoisotopic (exact) mass is 417 g/mol. The second kappa shape index (κ2) is 7.80. The molecule has 1 saturated heterocycles. The molecule has 0 bridgehead atoms. The Bertz CT molecular complexity index is 903. The molecule has 144 valence electrons. The number of sulfone groups is 1. The summed E-state index contributed by atoms with van der Waals surface area (Å²) in [5, 5.41) is 6.99. The summed E-state index contributed by atoms with van der Waals surface area (Å²) in [5.41, 5.74) is 1.50. The Morgan fingerprint density at radius 1 is 1.31 bits per heavy atom. The molecule has 2 N–H and O–H groups in total. The van der Waals surface area contributed by atoms with Gasteiger partial charge in [-0.05, 0) is 44.1 Å². The van der Waals surface area contributed by atoms with Gasteiger partial charge in [-0.2, -0.15) is 0 Å². The van der Waals surface area contributed by atoms with E-state index in [1.165, 1.54) is 0 Å². The molecule has 0 saturated carbocycles. The lowest BCUT2D eigenvalue weighted by atomic mass is 9.95. The Balaban J connectivity index is 0.00000243. The van der Waals surface area contributed by atoms with E-state index in [2.05, 4.69) is 29.5 Å². The molecule has 1 aliphatic rings. The fourth-order valence-electron chi connectivity index (χ4n) is 3.11. The van der Waals surface area contributed by atoms with Crippen molar-refractivity contribution in [3.8, 4) is 0 Å². The van der Waals surface area contributed by atoms with Crippen LogP contribution in [0.3, 0.4) is 0 Å². The summed E-state index contributed by atoms with van der Waals surface area (Å²) in [7, 11) is -3.52. The van der Waals surface area contributed by atoms with Crippen molar-refractivity contribution in [3.05, 3.63) is 23.2 Å². The van der Waals surface area contributed by atoms with Gasteiger partial charge >= 0.3 is 0 Å². The third kappa shape index (κ3) is 3.88. The quantitative estimate of drug-likeness (QED) is 0.798. The molecule has 1 fully saturated rings. The zero-order valence-electron chi connectivity index (χ0n) is 15.0. The van der Waals surface area contributed by atoms with E-state index in [4.69, 9.17) is 0 Å². The van der Waals surface area contributed by atoms with Crippen molar-refractivity contribution < 1.29 is 13.2 Å². The number of anilines is 1. The van der Waals surface area contributed by atoms with Gasteiger partial charge in [-0.3, -0.25) is 4.79 Å². The number of carbonyl (C=O) groups excluding carboxylic acids is 1. The van der Waals surface area contributed by atoms with Gasteiger partial charge in [-0.25, -0.2) is 13.4 Å². The normalized spacial score (nSPS) is 17.1. The molecular formula is C17H24ClN3O3S2. The van der Waals surface area contributed by atoms with E-state index in [9.17, 15) is 13.2 Å². The fraction of sp³-hybridized carbons (Fsp3) is 0.529. The number of piperidine rings is 1. The molecule has 1 amide bonds. The number of rotatable bonds is 4. The number of benzene rings is 1. The largest absolute Gasteiger partial charge is 0.325 e. The Morgan fingerprint density at radius 3 is 2.54 bits per heavy atom. The highest BCUT2D eigenvalue weighted by Gasteiger charge is 2.48. The highest BCUT2D eigenvalue weighted by atomic mass is 35.5. The Kier molecular flexibility index (Phi) is 6.32. The Morgan fingerprint density at radius 2 is 1.96 bits per heavy atom. The lowest BCUT2D eigenvalue weighted by Crippen LogP contribution is -2.55. The third-order valence-electron chi connectivity index (χ3n) is 4.69. The van der Waals surface area contributed by atoms with Gasteiger partial charge in [-0.15, -0.1) is 23.7 Å². The lowest BCUT2D eigenvalue weighted by Gasteiger charge is -2.34. The highest BCUT2D eigenvalue weighted by Crippen LogP contribution is 2.32. The highest BCUT2D eigenvalue weighted by molar-refractivity contribution is 7.92. The van der Waals surface area contributed by atoms with Crippen molar-refractivity contribution in [1.82, 2.24) is 10.3 Å². The molecule has 1 aliphatic heterocycles. The van der Waals surface area contributed by atoms with E-state index in [0.717, 1.165) is 21.5 Å². The minimum absolute atomic E-state index is 0. The van der Waals surface area contributed by atoms with Crippen LogP contribution in [0.15, 0.2) is 18.2 Å². The summed E-state index contributed by atoms with van der Waals surface area (Å²) in [6, 6.07) is 5.51. The van der Waals surface area contributed by atoms with E-state index >= 15 is 0 Å². The number of aromatic nitrogens is 1. The van der Waals surface area contributed by atoms with Crippen LogP contribution in [0.4, 0.5) is 5.69 Å². The van der Waals surface area contributed by atoms with E-state index < -0.39 is 20.5 Å². The maximum Gasteiger partial charge on any atom is 0.245 e. The fourth-order valence-corrected chi connectivity index (χ4v) is 5.45. The molecular weight excluding hydrogens is 394 g/mol. The first kappa shape index (κ1) is 21.1. The maximum atomic E-state index is 12.9. The van der Waals surface area contributed by atoms with Crippen LogP contribution in [0.2, 0.25) is 0 Å². The lowest BCUT2D eigenvalue weighted by molar-refractivity contribution is -0.119. The van der Waals surface area contributed by atoms with Crippen LogP contribution in [-0.2, 0) is 14.6 Å². The summed E-state index contributed by atoms with van der Waals surface area (Å²) >= 11 is 1.60. The van der Waals surface area contributed by atoms with Crippen molar-refractivity contribution in [2.24, 2.45) is 0 Å². The van der Waals surface area contributed by atoms with Gasteiger partial charge in [0.05, 0.1) is 15.2 Å². The molecule has 2 aromatic rings. The summed E-state index contributed by atoms with van der Waals surface area (Å²) in [6.45, 7) is 5.22. The van der Waals surface area contributed by atoms with Gasteiger partial charge in [0.15, 0.2) is 14.6 Å². The number of carbonyl (C=O) groups is 1. The average Bonchev–Trinajstić information content (AvgIpc) is 2.98. The van der Waals surface area contributed by atoms with Crippen molar-refractivity contribution >= 4 is 55.4 Å². The number of halogens is 1. The SMILES string of the molecule is CC(C)c1nc2ccc(NC(=O)C3(S(C)(=O)=O)CCNCC3)cc2s1.Cl. The number of amides is 1. The second-order valence-electron chi connectivity index (χ2n) is 6.86. The Labute approximate surface area is 164 Å². The van der Waals surface area contributed by atoms with Crippen LogP contribution in [-0.4, -0.2) is 43.4 Å². The smallest absolute Gasteiger partial charge is 0.245 e. The number of hydrogen-bond donors (Lipinski definition) is 2. The zero-order chi connectivity index (χ0) is 18.2. The molecule has 0 spiro atoms. The molecule has 2 heterocycles. The van der Waals surface area contributed by atoms with Crippen LogP contribution < -0.4 is 10.6 Å². The molecule has 9 heteroatoms. The van der Waals surface area contributed by atoms with Crippen LogP contribution >= 0.6 is 23.7 Å². The number of hydrogen-bond acceptors (Lipinski definition) is 6. The minimum atomic E-state index is -3.52. The molecule has 1 aromatic heterocycles. The molecule has 0 atom stereocenters. The van der Waals surface area contributed by atoms with E-state index in [1.54, 1.807) is 17.4 Å². The first-order chi connectivity index (χ1) is 11.7. The third-order valence-corrected chi connectivity index (χ3v) is 8.02. The molecule has 26 heavy (non-hydrogen) atoms. The first-order valence-corrected chi connectivity index (χ1v) is 11.1. The summed E-state index contributed by atoms with van der Waals surface area (Å²) in [4.78, 5) is 17.4. The van der Waals surface area contributed by atoms with Crippen molar-refractivity contribution in [1.29, 1.82) is 0 Å². The second-order valence-corrected chi connectivity index (χ2v) is 10.2. The van der Waals surface area contributed by atoms with E-state index in [-0.39, 0.29) is 25.2 Å². The predicted molar refractivity (Wildman–Crippen MR) is 109 cm³/mol. The molecule has 0 unspecified atom stereocenters. The molecule has 0 radical (unpaired) electrons. The number of nitrogens with one attached hydrogen (secondary N) is 2. The van der Waals surface area contributed by atoms with E-state index in [0.29, 0.717) is 24.7 Å². The van der Waals surface area contributed by atoms with Crippen LogP contribution in [0.1, 0.15) is 37.6 Å². The predicted octanol–water partition coefficient (Wildman–Crippen LogP) is 2.95. The summed E-state index contributed by atoms with van der Waals surface area (Å²) in [5.74, 6) is -0.0943. The first-order valence-electron chi connectivity index (χ1n) is 8.35. The Hall–Kier alpha value is -1.22. The average molecular weight is 418 g/mol. The minimum Gasteiger partial charge on any atom is -0.325 e. The van der Waals surface area contributed by atoms with Crippen LogP contribution in [0.25, 0.3) is 10.2 Å². The molecule has 3 rings (SSSR count). The topological polar surface area (TPSA) is 88.2 Å². The van der Waals surface area contributed by atoms with Crippen molar-refractivity contribution in [2.75, 3.05) is 24.7 Å². The van der Waals surface area contributed by atoms with Gasteiger partial charge in [-0.1, -0.05) is 13.8 Å². The maximum absolute atomic E-state index is 12.9.